The Hall–Kier alpha value is -2.36. The van der Waals surface area contributed by atoms with E-state index >= 15 is 0 Å². The van der Waals surface area contributed by atoms with Gasteiger partial charge in [-0.3, -0.25) is 5.32 Å². The molecule has 3 rings (SSSR count). The summed E-state index contributed by atoms with van der Waals surface area (Å²) in [6.07, 6.45) is 5.90. The number of pyridine rings is 1. The first-order valence-corrected chi connectivity index (χ1v) is 7.34. The Labute approximate surface area is 124 Å². The van der Waals surface area contributed by atoms with E-state index in [4.69, 9.17) is 0 Å². The molecule has 0 aliphatic heterocycles. The molecule has 1 saturated carbocycles. The van der Waals surface area contributed by atoms with Crippen LogP contribution in [0.4, 0.5) is 10.6 Å². The zero-order valence-electron chi connectivity index (χ0n) is 11.9. The summed E-state index contributed by atoms with van der Waals surface area (Å²) in [5.74, 6) is 0.566. The first-order chi connectivity index (χ1) is 10.3. The van der Waals surface area contributed by atoms with Gasteiger partial charge in [0.15, 0.2) is 0 Å². The van der Waals surface area contributed by atoms with Crippen LogP contribution in [0.2, 0.25) is 0 Å². The normalized spacial score (nSPS) is 16.4. The van der Waals surface area contributed by atoms with Crippen molar-refractivity contribution < 1.29 is 4.79 Å². The van der Waals surface area contributed by atoms with Gasteiger partial charge < -0.3 is 5.32 Å². The molecule has 2 aromatic rings. The van der Waals surface area contributed by atoms with Gasteiger partial charge in [-0.2, -0.15) is 0 Å². The van der Waals surface area contributed by atoms with Crippen LogP contribution in [-0.4, -0.2) is 11.0 Å². The number of amides is 2. The van der Waals surface area contributed by atoms with Crippen LogP contribution < -0.4 is 10.6 Å². The van der Waals surface area contributed by atoms with E-state index in [0.29, 0.717) is 5.82 Å². The maximum Gasteiger partial charge on any atom is 0.321 e. The predicted molar refractivity (Wildman–Crippen MR) is 83.0 cm³/mol. The Morgan fingerprint density at radius 3 is 2.38 bits per heavy atom. The fourth-order valence-electron chi connectivity index (χ4n) is 3.02. The van der Waals surface area contributed by atoms with Gasteiger partial charge in [0, 0.05) is 6.20 Å². The summed E-state index contributed by atoms with van der Waals surface area (Å²) >= 11 is 0. The van der Waals surface area contributed by atoms with Crippen molar-refractivity contribution >= 4 is 11.8 Å². The number of benzene rings is 1. The largest absolute Gasteiger partial charge is 0.328 e. The van der Waals surface area contributed by atoms with Gasteiger partial charge in [0.2, 0.25) is 0 Å². The monoisotopic (exact) mass is 281 g/mol. The van der Waals surface area contributed by atoms with E-state index in [1.54, 1.807) is 12.3 Å². The Bertz CT molecular complexity index is 592. The number of carbonyl (C=O) groups excluding carboxylic acids is 1. The van der Waals surface area contributed by atoms with E-state index in [1.807, 2.05) is 30.3 Å². The number of urea groups is 1. The third kappa shape index (κ3) is 3.05. The lowest BCUT2D eigenvalue weighted by atomic mass is 9.88. The standard InChI is InChI=1S/C17H19N3O/c21-16(19-15-10-4-7-13-18-15)20-17(11-5-6-12-17)14-8-2-1-3-9-14/h1-4,7-10,13H,5-6,11-12H2,(H2,18,19,20,21). The van der Waals surface area contributed by atoms with Crippen LogP contribution in [0.1, 0.15) is 31.2 Å². The molecule has 2 amide bonds. The van der Waals surface area contributed by atoms with Gasteiger partial charge in [-0.05, 0) is 30.5 Å². The molecule has 0 unspecified atom stereocenters. The van der Waals surface area contributed by atoms with Crippen LogP contribution in [0.25, 0.3) is 0 Å². The molecule has 1 aromatic heterocycles. The molecule has 0 atom stereocenters. The molecule has 0 saturated heterocycles. The van der Waals surface area contributed by atoms with Crippen molar-refractivity contribution in [2.45, 2.75) is 31.2 Å². The van der Waals surface area contributed by atoms with Crippen LogP contribution in [0.15, 0.2) is 54.7 Å². The SMILES string of the molecule is O=C(Nc1ccccn1)NC1(c2ccccc2)CCCC1. The summed E-state index contributed by atoms with van der Waals surface area (Å²) in [7, 11) is 0. The lowest BCUT2D eigenvalue weighted by Gasteiger charge is -2.31. The first kappa shape index (κ1) is 13.6. The van der Waals surface area contributed by atoms with Gasteiger partial charge in [0.1, 0.15) is 5.82 Å². The summed E-state index contributed by atoms with van der Waals surface area (Å²) < 4.78 is 0. The average molecular weight is 281 g/mol. The second kappa shape index (κ2) is 5.95. The summed E-state index contributed by atoms with van der Waals surface area (Å²) in [5, 5.41) is 5.97. The molecule has 108 valence electrons. The van der Waals surface area contributed by atoms with Gasteiger partial charge in [-0.15, -0.1) is 0 Å². The van der Waals surface area contributed by atoms with Crippen molar-refractivity contribution in [2.75, 3.05) is 5.32 Å². The molecule has 1 aliphatic rings. The maximum atomic E-state index is 12.3. The minimum atomic E-state index is -0.250. The average Bonchev–Trinajstić information content (AvgIpc) is 2.99. The molecule has 1 fully saturated rings. The Morgan fingerprint density at radius 1 is 1.00 bits per heavy atom. The van der Waals surface area contributed by atoms with E-state index in [-0.39, 0.29) is 11.6 Å². The predicted octanol–water partition coefficient (Wildman–Crippen LogP) is 3.67. The zero-order valence-corrected chi connectivity index (χ0v) is 11.9. The van der Waals surface area contributed by atoms with Gasteiger partial charge in [0.25, 0.3) is 0 Å². The molecule has 1 heterocycles. The van der Waals surface area contributed by atoms with Crippen LogP contribution in [0.3, 0.4) is 0 Å². The fraction of sp³-hybridized carbons (Fsp3) is 0.294. The minimum absolute atomic E-state index is 0.195. The molecular weight excluding hydrogens is 262 g/mol. The molecule has 0 bridgehead atoms. The third-order valence-electron chi connectivity index (χ3n) is 4.04. The highest BCUT2D eigenvalue weighted by Gasteiger charge is 2.36. The third-order valence-corrected chi connectivity index (χ3v) is 4.04. The van der Waals surface area contributed by atoms with Crippen molar-refractivity contribution in [1.82, 2.24) is 10.3 Å². The molecule has 1 aliphatic carbocycles. The number of nitrogens with zero attached hydrogens (tertiary/aromatic N) is 1. The van der Waals surface area contributed by atoms with E-state index in [1.165, 1.54) is 5.56 Å². The zero-order chi connectivity index (χ0) is 14.5. The van der Waals surface area contributed by atoms with Crippen molar-refractivity contribution in [2.24, 2.45) is 0 Å². The number of rotatable bonds is 3. The van der Waals surface area contributed by atoms with Gasteiger partial charge in [-0.1, -0.05) is 49.2 Å². The summed E-state index contributed by atoms with van der Waals surface area (Å²) in [5.41, 5.74) is 0.929. The molecular formula is C17H19N3O. The molecule has 4 heteroatoms. The van der Waals surface area contributed by atoms with Gasteiger partial charge >= 0.3 is 6.03 Å². The van der Waals surface area contributed by atoms with Crippen molar-refractivity contribution in [3.8, 4) is 0 Å². The van der Waals surface area contributed by atoms with Gasteiger partial charge in [0.05, 0.1) is 5.54 Å². The van der Waals surface area contributed by atoms with Crippen LogP contribution >= 0.6 is 0 Å². The molecule has 21 heavy (non-hydrogen) atoms. The second-order valence-corrected chi connectivity index (χ2v) is 5.45. The summed E-state index contributed by atoms with van der Waals surface area (Å²) in [4.78, 5) is 16.4. The smallest absolute Gasteiger partial charge is 0.321 e. The second-order valence-electron chi connectivity index (χ2n) is 5.45. The Kier molecular flexibility index (Phi) is 3.86. The number of anilines is 1. The topological polar surface area (TPSA) is 54.0 Å². The molecule has 1 aromatic carbocycles. The minimum Gasteiger partial charge on any atom is -0.328 e. The number of aromatic nitrogens is 1. The van der Waals surface area contributed by atoms with E-state index in [2.05, 4.69) is 27.8 Å². The van der Waals surface area contributed by atoms with Crippen LogP contribution in [0, 0.1) is 0 Å². The number of nitrogens with one attached hydrogen (secondary N) is 2. The lowest BCUT2D eigenvalue weighted by molar-refractivity contribution is 0.236. The van der Waals surface area contributed by atoms with Gasteiger partial charge in [-0.25, -0.2) is 9.78 Å². The number of carbonyl (C=O) groups is 1. The fourth-order valence-corrected chi connectivity index (χ4v) is 3.02. The highest BCUT2D eigenvalue weighted by Crippen LogP contribution is 2.38. The van der Waals surface area contributed by atoms with Crippen LogP contribution in [0.5, 0.6) is 0 Å². The first-order valence-electron chi connectivity index (χ1n) is 7.34. The molecule has 4 nitrogen and oxygen atoms in total. The molecule has 2 N–H and O–H groups in total. The van der Waals surface area contributed by atoms with Crippen molar-refractivity contribution in [1.29, 1.82) is 0 Å². The number of hydrogen-bond donors (Lipinski definition) is 2. The molecule has 0 radical (unpaired) electrons. The molecule has 0 spiro atoms. The van der Waals surface area contributed by atoms with E-state index < -0.39 is 0 Å². The van der Waals surface area contributed by atoms with Crippen LogP contribution in [-0.2, 0) is 5.54 Å². The van der Waals surface area contributed by atoms with E-state index in [9.17, 15) is 4.79 Å². The van der Waals surface area contributed by atoms with Crippen molar-refractivity contribution in [3.63, 3.8) is 0 Å². The summed E-state index contributed by atoms with van der Waals surface area (Å²) in [6.45, 7) is 0. The Balaban J connectivity index is 1.75. The Morgan fingerprint density at radius 2 is 1.71 bits per heavy atom. The van der Waals surface area contributed by atoms with Crippen molar-refractivity contribution in [3.05, 3.63) is 60.3 Å². The summed E-state index contributed by atoms with van der Waals surface area (Å²) in [6, 6.07) is 15.5. The van der Waals surface area contributed by atoms with E-state index in [0.717, 1.165) is 25.7 Å². The lowest BCUT2D eigenvalue weighted by Crippen LogP contribution is -2.45. The number of hydrogen-bond acceptors (Lipinski definition) is 2. The quantitative estimate of drug-likeness (QED) is 0.901. The highest BCUT2D eigenvalue weighted by atomic mass is 16.2. The highest BCUT2D eigenvalue weighted by molar-refractivity contribution is 5.88. The maximum absolute atomic E-state index is 12.3.